The molecule has 0 aliphatic carbocycles. The molecular formula is C22H20ClN5O2. The molecule has 4 aromatic rings. The second-order valence-electron chi connectivity index (χ2n) is 7.81. The third kappa shape index (κ3) is 3.84. The van der Waals surface area contributed by atoms with Crippen molar-refractivity contribution in [1.29, 1.82) is 0 Å². The van der Waals surface area contributed by atoms with Gasteiger partial charge in [-0.3, -0.25) is 5.10 Å². The summed E-state index contributed by atoms with van der Waals surface area (Å²) >= 11 is 6.44. The van der Waals surface area contributed by atoms with Crippen LogP contribution in [0.1, 0.15) is 31.3 Å². The van der Waals surface area contributed by atoms with Crippen LogP contribution in [-0.4, -0.2) is 31.7 Å². The third-order valence-corrected chi connectivity index (χ3v) is 4.63. The monoisotopic (exact) mass is 421 g/mol. The van der Waals surface area contributed by atoms with Crippen LogP contribution in [0.25, 0.3) is 33.4 Å². The zero-order chi connectivity index (χ0) is 21.5. The number of esters is 1. The Morgan fingerprint density at radius 1 is 1.07 bits per heavy atom. The lowest BCUT2D eigenvalue weighted by atomic mass is 10.0. The molecule has 0 aliphatic heterocycles. The third-order valence-electron chi connectivity index (χ3n) is 4.34. The highest BCUT2D eigenvalue weighted by atomic mass is 35.5. The van der Waals surface area contributed by atoms with Crippen molar-refractivity contribution < 1.29 is 9.53 Å². The largest absolute Gasteiger partial charge is 0.455 e. The van der Waals surface area contributed by atoms with Gasteiger partial charge in [-0.1, -0.05) is 41.9 Å². The summed E-state index contributed by atoms with van der Waals surface area (Å²) in [5.74, 6) is -0.633. The highest BCUT2D eigenvalue weighted by Crippen LogP contribution is 2.35. The molecule has 0 spiro atoms. The number of nitrogen functional groups attached to an aromatic ring is 1. The molecule has 2 aromatic carbocycles. The average Bonchev–Trinajstić information content (AvgIpc) is 3.16. The summed E-state index contributed by atoms with van der Waals surface area (Å²) in [6.45, 7) is 5.33. The van der Waals surface area contributed by atoms with Crippen LogP contribution in [0.15, 0.2) is 48.7 Å². The van der Waals surface area contributed by atoms with Crippen molar-refractivity contribution in [3.63, 3.8) is 0 Å². The maximum atomic E-state index is 12.7. The SMILES string of the molecule is CC(C)(C)OC(=O)c1nc(-c2cc(Cl)c3[nH]ncc3c2)c(-c2ccccc2)nc1N. The number of fused-ring (bicyclic) bond motifs is 1. The number of anilines is 1. The van der Waals surface area contributed by atoms with Gasteiger partial charge in [-0.25, -0.2) is 14.8 Å². The molecule has 0 unspecified atom stereocenters. The van der Waals surface area contributed by atoms with Gasteiger partial charge in [0.15, 0.2) is 11.5 Å². The van der Waals surface area contributed by atoms with E-state index in [2.05, 4.69) is 20.2 Å². The van der Waals surface area contributed by atoms with E-state index in [1.807, 2.05) is 36.4 Å². The Morgan fingerprint density at radius 2 is 1.77 bits per heavy atom. The molecule has 0 bridgehead atoms. The van der Waals surface area contributed by atoms with Crippen molar-refractivity contribution in [2.75, 3.05) is 5.73 Å². The van der Waals surface area contributed by atoms with Crippen molar-refractivity contribution in [1.82, 2.24) is 20.2 Å². The number of aromatic amines is 1. The van der Waals surface area contributed by atoms with Crippen LogP contribution in [0.2, 0.25) is 5.02 Å². The van der Waals surface area contributed by atoms with Crippen LogP contribution in [0, 0.1) is 0 Å². The fraction of sp³-hybridized carbons (Fsp3) is 0.182. The van der Waals surface area contributed by atoms with Gasteiger partial charge in [0.05, 0.1) is 28.1 Å². The first-order valence-electron chi connectivity index (χ1n) is 9.32. The van der Waals surface area contributed by atoms with Gasteiger partial charge >= 0.3 is 5.97 Å². The van der Waals surface area contributed by atoms with Gasteiger partial charge in [0.25, 0.3) is 0 Å². The number of nitrogens with zero attached hydrogens (tertiary/aromatic N) is 3. The van der Waals surface area contributed by atoms with Gasteiger partial charge in [-0.05, 0) is 32.9 Å². The van der Waals surface area contributed by atoms with E-state index in [0.29, 0.717) is 22.0 Å². The van der Waals surface area contributed by atoms with E-state index in [4.69, 9.17) is 22.1 Å². The van der Waals surface area contributed by atoms with Crippen LogP contribution in [0.3, 0.4) is 0 Å². The molecule has 0 amide bonds. The molecule has 152 valence electrons. The number of hydrogen-bond acceptors (Lipinski definition) is 6. The molecule has 7 nitrogen and oxygen atoms in total. The first kappa shape index (κ1) is 19.8. The molecule has 0 aliphatic rings. The van der Waals surface area contributed by atoms with Crippen molar-refractivity contribution >= 4 is 34.3 Å². The maximum Gasteiger partial charge on any atom is 0.361 e. The summed E-state index contributed by atoms with van der Waals surface area (Å²) in [7, 11) is 0. The zero-order valence-electron chi connectivity index (χ0n) is 16.7. The fourth-order valence-corrected chi connectivity index (χ4v) is 3.34. The van der Waals surface area contributed by atoms with E-state index in [-0.39, 0.29) is 11.5 Å². The van der Waals surface area contributed by atoms with E-state index < -0.39 is 11.6 Å². The fourth-order valence-electron chi connectivity index (χ4n) is 3.07. The van der Waals surface area contributed by atoms with Crippen LogP contribution in [0.4, 0.5) is 5.82 Å². The summed E-state index contributed by atoms with van der Waals surface area (Å²) in [5.41, 5.74) is 8.61. The Kier molecular flexibility index (Phi) is 4.91. The lowest BCUT2D eigenvalue weighted by Gasteiger charge is -2.20. The molecule has 0 radical (unpaired) electrons. The Morgan fingerprint density at radius 3 is 2.47 bits per heavy atom. The van der Waals surface area contributed by atoms with Crippen molar-refractivity contribution in [3.05, 3.63) is 59.4 Å². The first-order chi connectivity index (χ1) is 14.2. The minimum atomic E-state index is -0.692. The number of benzene rings is 2. The molecule has 0 atom stereocenters. The molecule has 0 saturated heterocycles. The molecule has 4 rings (SSSR count). The van der Waals surface area contributed by atoms with E-state index in [0.717, 1.165) is 16.5 Å². The number of rotatable bonds is 3. The highest BCUT2D eigenvalue weighted by molar-refractivity contribution is 6.35. The number of nitrogens with two attached hydrogens (primary N) is 1. The van der Waals surface area contributed by atoms with Crippen molar-refractivity contribution in [2.24, 2.45) is 0 Å². The van der Waals surface area contributed by atoms with Crippen LogP contribution < -0.4 is 5.73 Å². The second kappa shape index (κ2) is 7.42. The number of halogens is 1. The maximum absolute atomic E-state index is 12.7. The second-order valence-corrected chi connectivity index (χ2v) is 8.22. The van der Waals surface area contributed by atoms with E-state index in [1.165, 1.54) is 0 Å². The molecule has 2 heterocycles. The zero-order valence-corrected chi connectivity index (χ0v) is 17.5. The standard InChI is InChI=1S/C22H20ClN5O2/c1-22(2,3)30-21(29)19-20(24)27-17(12-7-5-4-6-8-12)18(26-19)13-9-14-11-25-28-16(14)15(23)10-13/h4-11H,1-3H3,(H2,24,27)(H,25,28). The summed E-state index contributed by atoms with van der Waals surface area (Å²) in [6.07, 6.45) is 1.67. The summed E-state index contributed by atoms with van der Waals surface area (Å²) in [6, 6.07) is 13.1. The Balaban J connectivity index is 1.95. The van der Waals surface area contributed by atoms with E-state index >= 15 is 0 Å². The van der Waals surface area contributed by atoms with Gasteiger partial charge in [0.1, 0.15) is 5.60 Å². The van der Waals surface area contributed by atoms with E-state index in [9.17, 15) is 4.79 Å². The summed E-state index contributed by atoms with van der Waals surface area (Å²) in [4.78, 5) is 21.8. The Hall–Kier alpha value is -3.45. The molecular weight excluding hydrogens is 402 g/mol. The number of ether oxygens (including phenoxy) is 1. The minimum Gasteiger partial charge on any atom is -0.455 e. The first-order valence-corrected chi connectivity index (χ1v) is 9.70. The summed E-state index contributed by atoms with van der Waals surface area (Å²) < 4.78 is 5.46. The number of hydrogen-bond donors (Lipinski definition) is 2. The number of H-pyrrole nitrogens is 1. The van der Waals surface area contributed by atoms with Gasteiger partial charge in [0.2, 0.25) is 0 Å². The Bertz CT molecular complexity index is 1250. The van der Waals surface area contributed by atoms with Crippen molar-refractivity contribution in [3.8, 4) is 22.5 Å². The lowest BCUT2D eigenvalue weighted by Crippen LogP contribution is -2.25. The highest BCUT2D eigenvalue weighted by Gasteiger charge is 2.25. The molecule has 0 saturated carbocycles. The van der Waals surface area contributed by atoms with Crippen LogP contribution >= 0.6 is 11.6 Å². The number of carbonyl (C=O) groups excluding carboxylic acids is 1. The smallest absolute Gasteiger partial charge is 0.361 e. The van der Waals surface area contributed by atoms with Crippen LogP contribution in [-0.2, 0) is 4.74 Å². The number of nitrogens with one attached hydrogen (secondary N) is 1. The summed E-state index contributed by atoms with van der Waals surface area (Å²) in [5, 5.41) is 8.20. The van der Waals surface area contributed by atoms with Crippen LogP contribution in [0.5, 0.6) is 0 Å². The molecule has 30 heavy (non-hydrogen) atoms. The molecule has 3 N–H and O–H groups in total. The predicted molar refractivity (Wildman–Crippen MR) is 117 cm³/mol. The minimum absolute atomic E-state index is 0.00217. The van der Waals surface area contributed by atoms with Gasteiger partial charge in [0, 0.05) is 16.5 Å². The quantitative estimate of drug-likeness (QED) is 0.456. The number of carbonyl (C=O) groups is 1. The van der Waals surface area contributed by atoms with Gasteiger partial charge in [-0.15, -0.1) is 0 Å². The molecule has 2 aromatic heterocycles. The number of aromatic nitrogens is 4. The van der Waals surface area contributed by atoms with Crippen molar-refractivity contribution in [2.45, 2.75) is 26.4 Å². The lowest BCUT2D eigenvalue weighted by molar-refractivity contribution is 0.00640. The Labute approximate surface area is 178 Å². The van der Waals surface area contributed by atoms with Gasteiger partial charge in [-0.2, -0.15) is 5.10 Å². The topological polar surface area (TPSA) is 107 Å². The predicted octanol–water partition coefficient (Wildman–Crippen LogP) is 4.88. The van der Waals surface area contributed by atoms with Gasteiger partial charge < -0.3 is 10.5 Å². The normalized spacial score (nSPS) is 11.6. The average molecular weight is 422 g/mol. The van der Waals surface area contributed by atoms with E-state index in [1.54, 1.807) is 33.0 Å². The molecule has 0 fully saturated rings. The molecule has 8 heteroatoms.